The number of nitrogens with one attached hydrogen (secondary N) is 2. The molecule has 0 spiro atoms. The van der Waals surface area contributed by atoms with Gasteiger partial charge in [0.1, 0.15) is 11.9 Å². The summed E-state index contributed by atoms with van der Waals surface area (Å²) in [6.07, 6.45) is 4.61. The minimum Gasteiger partial charge on any atom is -0.493 e. The Bertz CT molecular complexity index is 1100. The zero-order valence-corrected chi connectivity index (χ0v) is 20.5. The zero-order chi connectivity index (χ0) is 24.5. The predicted octanol–water partition coefficient (Wildman–Crippen LogP) is 1.00. The lowest BCUT2D eigenvalue weighted by Crippen LogP contribution is -2.52. The molecule has 11 nitrogen and oxygen atoms in total. The number of hydrogen-bond acceptors (Lipinski definition) is 9. The average molecular weight is 493 g/mol. The number of rotatable bonds is 9. The van der Waals surface area contributed by atoms with Crippen LogP contribution >= 0.6 is 0 Å². The van der Waals surface area contributed by atoms with Crippen molar-refractivity contribution >= 4 is 27.6 Å². The van der Waals surface area contributed by atoms with Crippen LogP contribution in [-0.4, -0.2) is 73.6 Å². The molecule has 0 bridgehead atoms. The lowest BCUT2D eigenvalue weighted by atomic mass is 10.0. The number of amides is 1. The summed E-state index contributed by atoms with van der Waals surface area (Å²) >= 11 is 0. The van der Waals surface area contributed by atoms with E-state index in [-0.39, 0.29) is 29.3 Å². The fourth-order valence-electron chi connectivity index (χ4n) is 4.65. The molecule has 12 heteroatoms. The molecule has 186 valence electrons. The lowest BCUT2D eigenvalue weighted by molar-refractivity contribution is -0.114. The third-order valence-corrected chi connectivity index (χ3v) is 7.94. The van der Waals surface area contributed by atoms with Gasteiger partial charge in [0.2, 0.25) is 15.9 Å². The van der Waals surface area contributed by atoms with Crippen LogP contribution in [0, 0.1) is 5.92 Å². The number of carbonyl (C=O) groups excluding carboxylic acids is 1. The molecule has 2 heterocycles. The first kappa shape index (κ1) is 24.4. The van der Waals surface area contributed by atoms with Crippen LogP contribution < -0.4 is 14.8 Å². The van der Waals surface area contributed by atoms with Crippen LogP contribution in [0.2, 0.25) is 0 Å². The Morgan fingerprint density at radius 3 is 2.65 bits per heavy atom. The summed E-state index contributed by atoms with van der Waals surface area (Å²) in [5, 5.41) is 24.7. The highest BCUT2D eigenvalue weighted by molar-refractivity contribution is 7.89. The summed E-state index contributed by atoms with van der Waals surface area (Å²) in [5.74, 6) is 0.753. The topological polar surface area (TPSA) is 136 Å². The van der Waals surface area contributed by atoms with E-state index < -0.39 is 22.0 Å². The molecule has 1 fully saturated rings. The number of hydrogen-bond donors (Lipinski definition) is 3. The summed E-state index contributed by atoms with van der Waals surface area (Å²) in [6, 6.07) is 3.82. The van der Waals surface area contributed by atoms with Crippen LogP contribution in [-0.2, 0) is 14.8 Å². The van der Waals surface area contributed by atoms with Gasteiger partial charge < -0.3 is 15.2 Å². The molecule has 1 aromatic carbocycles. The second-order valence-electron chi connectivity index (χ2n) is 8.70. The zero-order valence-electron chi connectivity index (χ0n) is 19.7. The molecule has 3 aliphatic rings. The Morgan fingerprint density at radius 2 is 2.00 bits per heavy atom. The lowest BCUT2D eigenvalue weighted by Gasteiger charge is -2.33. The Labute approximate surface area is 199 Å². The van der Waals surface area contributed by atoms with Crippen molar-refractivity contribution in [3.63, 3.8) is 0 Å². The molecular formula is C22H32N6O5S. The fraction of sp³-hybridized carbons (Fsp3) is 0.591. The summed E-state index contributed by atoms with van der Waals surface area (Å²) < 4.78 is 34.1. The number of carbonyl (C=O) groups is 1. The maximum Gasteiger partial charge on any atom is 0.296 e. The highest BCUT2D eigenvalue weighted by Gasteiger charge is 2.44. The number of aliphatic hydroxyl groups is 1. The van der Waals surface area contributed by atoms with E-state index in [0.717, 1.165) is 25.7 Å². The van der Waals surface area contributed by atoms with E-state index in [9.17, 15) is 18.3 Å². The molecule has 0 radical (unpaired) electrons. The van der Waals surface area contributed by atoms with Crippen molar-refractivity contribution in [1.82, 2.24) is 20.1 Å². The normalized spacial score (nSPS) is 21.8. The van der Waals surface area contributed by atoms with Crippen LogP contribution in [0.5, 0.6) is 5.75 Å². The van der Waals surface area contributed by atoms with Crippen molar-refractivity contribution in [2.24, 2.45) is 16.1 Å². The van der Waals surface area contributed by atoms with E-state index in [1.807, 2.05) is 14.0 Å². The number of sulfonamides is 1. The first-order chi connectivity index (χ1) is 16.3. The summed E-state index contributed by atoms with van der Waals surface area (Å²) in [6.45, 7) is 3.65. The van der Waals surface area contributed by atoms with Crippen LogP contribution in [0.25, 0.3) is 0 Å². The standard InChI is InChI=1S/C22H32N6O5S/c1-4-15(13-29)26-34(31,32)16-10-11-18(33-5-2)17(12-16)19-23-21(30)20-25-27(3)22(28(20)24-19)14-8-6-7-9-14/h10-12,14-15,22,26,29H,4-9,13H2,1-3H3,(H,23,24,30). The quantitative estimate of drug-likeness (QED) is 0.468. The summed E-state index contributed by atoms with van der Waals surface area (Å²) in [4.78, 5) is 12.9. The summed E-state index contributed by atoms with van der Waals surface area (Å²) in [5.41, 5.74) is 0.355. The number of aliphatic hydroxyl groups excluding tert-OH is 1. The van der Waals surface area contributed by atoms with Crippen molar-refractivity contribution in [2.75, 3.05) is 20.3 Å². The van der Waals surface area contributed by atoms with Crippen LogP contribution in [0.1, 0.15) is 51.5 Å². The van der Waals surface area contributed by atoms with Crippen molar-refractivity contribution in [1.29, 1.82) is 0 Å². The van der Waals surface area contributed by atoms with E-state index in [0.29, 0.717) is 30.3 Å². The molecule has 1 aliphatic carbocycles. The molecule has 2 atom stereocenters. The number of ether oxygens (including phenoxy) is 1. The van der Waals surface area contributed by atoms with E-state index in [2.05, 4.69) is 15.1 Å². The van der Waals surface area contributed by atoms with Crippen molar-refractivity contribution in [2.45, 2.75) is 63.1 Å². The molecule has 1 aromatic rings. The van der Waals surface area contributed by atoms with Gasteiger partial charge in [0, 0.05) is 19.0 Å². The molecule has 2 aliphatic heterocycles. The highest BCUT2D eigenvalue weighted by atomic mass is 32.2. The first-order valence-electron chi connectivity index (χ1n) is 11.7. The van der Waals surface area contributed by atoms with Crippen LogP contribution in [0.4, 0.5) is 0 Å². The minimum absolute atomic E-state index is 0.0138. The van der Waals surface area contributed by atoms with E-state index >= 15 is 0 Å². The Morgan fingerprint density at radius 1 is 1.26 bits per heavy atom. The van der Waals surface area contributed by atoms with Gasteiger partial charge in [-0.3, -0.25) is 9.80 Å². The maximum absolute atomic E-state index is 13.0. The summed E-state index contributed by atoms with van der Waals surface area (Å²) in [7, 11) is -2.08. The SMILES string of the molecule is CCOc1ccc(S(=O)(=O)NC(CC)CO)cc1C1=NN2C(=NN(C)C2C2CCCC2)C(=O)N1. The molecule has 3 N–H and O–H groups in total. The van der Waals surface area contributed by atoms with Gasteiger partial charge in [-0.2, -0.15) is 0 Å². The third-order valence-electron chi connectivity index (χ3n) is 6.42. The van der Waals surface area contributed by atoms with Gasteiger partial charge in [0.15, 0.2) is 5.84 Å². The van der Waals surface area contributed by atoms with Crippen LogP contribution in [0.3, 0.4) is 0 Å². The van der Waals surface area contributed by atoms with Gasteiger partial charge in [-0.1, -0.05) is 19.8 Å². The largest absolute Gasteiger partial charge is 0.493 e. The third kappa shape index (κ3) is 4.62. The van der Waals surface area contributed by atoms with Gasteiger partial charge in [-0.05, 0) is 44.4 Å². The van der Waals surface area contributed by atoms with E-state index in [1.54, 1.807) is 23.0 Å². The van der Waals surface area contributed by atoms with Gasteiger partial charge in [0.05, 0.1) is 23.7 Å². The molecule has 2 unspecified atom stereocenters. The van der Waals surface area contributed by atoms with Gasteiger partial charge >= 0.3 is 0 Å². The van der Waals surface area contributed by atoms with Gasteiger partial charge in [-0.25, -0.2) is 18.1 Å². The highest BCUT2D eigenvalue weighted by Crippen LogP contribution is 2.35. The second kappa shape index (κ2) is 9.88. The number of nitrogens with zero attached hydrogens (tertiary/aromatic N) is 4. The monoisotopic (exact) mass is 492 g/mol. The number of benzene rings is 1. The predicted molar refractivity (Wildman–Crippen MR) is 127 cm³/mol. The molecule has 4 rings (SSSR count). The molecule has 34 heavy (non-hydrogen) atoms. The Kier molecular flexibility index (Phi) is 7.10. The van der Waals surface area contributed by atoms with Crippen LogP contribution in [0.15, 0.2) is 33.3 Å². The maximum atomic E-state index is 13.0. The molecular weight excluding hydrogens is 460 g/mol. The number of hydrazone groups is 2. The molecule has 1 saturated carbocycles. The number of fused-ring (bicyclic) bond motifs is 1. The molecule has 0 aromatic heterocycles. The number of amidine groups is 2. The molecule has 0 saturated heterocycles. The minimum atomic E-state index is -3.92. The first-order valence-corrected chi connectivity index (χ1v) is 13.2. The smallest absolute Gasteiger partial charge is 0.296 e. The van der Waals surface area contributed by atoms with E-state index in [1.165, 1.54) is 12.1 Å². The molecule has 1 amide bonds. The Hall–Kier alpha value is -2.70. The van der Waals surface area contributed by atoms with Crippen molar-refractivity contribution in [3.05, 3.63) is 23.8 Å². The van der Waals surface area contributed by atoms with Crippen molar-refractivity contribution < 1.29 is 23.1 Å². The fourth-order valence-corrected chi connectivity index (χ4v) is 5.99. The van der Waals surface area contributed by atoms with Gasteiger partial charge in [0.25, 0.3) is 5.91 Å². The van der Waals surface area contributed by atoms with Gasteiger partial charge in [-0.15, -0.1) is 10.2 Å². The van der Waals surface area contributed by atoms with Crippen molar-refractivity contribution in [3.8, 4) is 5.75 Å². The average Bonchev–Trinajstić information content (AvgIpc) is 3.45. The Balaban J connectivity index is 1.74. The van der Waals surface area contributed by atoms with E-state index in [4.69, 9.17) is 9.84 Å². The second-order valence-corrected chi connectivity index (χ2v) is 10.4.